The second-order valence-corrected chi connectivity index (χ2v) is 8.03. The number of rotatable bonds is 6. The van der Waals surface area contributed by atoms with Gasteiger partial charge in [-0.15, -0.1) is 0 Å². The van der Waals surface area contributed by atoms with Crippen LogP contribution < -0.4 is 5.32 Å². The average molecular weight is 472 g/mol. The minimum atomic E-state index is -0.396. The lowest BCUT2D eigenvalue weighted by atomic mass is 10.1. The van der Waals surface area contributed by atoms with Crippen molar-refractivity contribution in [1.29, 1.82) is 0 Å². The van der Waals surface area contributed by atoms with Crippen LogP contribution in [0.15, 0.2) is 97.3 Å². The van der Waals surface area contributed by atoms with Crippen molar-refractivity contribution in [3.63, 3.8) is 0 Å². The highest BCUT2D eigenvalue weighted by Gasteiger charge is 2.19. The molecule has 0 spiro atoms. The number of benzene rings is 3. The Morgan fingerprint density at radius 3 is 2.41 bits per heavy atom. The molecule has 0 atom stereocenters. The van der Waals surface area contributed by atoms with Crippen molar-refractivity contribution in [2.75, 3.05) is 5.32 Å². The normalized spacial score (nSPS) is 10.9. The van der Waals surface area contributed by atoms with E-state index >= 15 is 0 Å². The Labute approximate surface area is 200 Å². The van der Waals surface area contributed by atoms with Gasteiger partial charge in [-0.25, -0.2) is 9.07 Å². The number of carbonyl (C=O) groups excluding carboxylic acids is 1. The maximum absolute atomic E-state index is 13.3. The van der Waals surface area contributed by atoms with Crippen molar-refractivity contribution in [2.45, 2.75) is 6.54 Å². The Morgan fingerprint density at radius 2 is 1.68 bits per heavy atom. The monoisotopic (exact) mass is 471 g/mol. The average Bonchev–Trinajstić information content (AvgIpc) is 3.49. The first-order valence-corrected chi connectivity index (χ1v) is 10.9. The van der Waals surface area contributed by atoms with Gasteiger partial charge in [-0.1, -0.05) is 66.2 Å². The number of carbonyl (C=O) groups is 1. The van der Waals surface area contributed by atoms with E-state index in [0.717, 1.165) is 16.8 Å². The molecule has 34 heavy (non-hydrogen) atoms. The smallest absolute Gasteiger partial charge is 0.260 e. The van der Waals surface area contributed by atoms with Crippen molar-refractivity contribution in [3.05, 3.63) is 119 Å². The topological polar surface area (TPSA) is 64.7 Å². The standard InChI is InChI=1S/C26H19ClFN5O/c27-23-15-20(28)12-11-19(23)16-32-14-13-24(30-32)29-26(34)22-17-33(21-9-5-2-6-10-21)31-25(22)18-7-3-1-4-8-18/h1-15,17H,16H2,(H,29,30,34). The fraction of sp³-hybridized carbons (Fsp3) is 0.0385. The Balaban J connectivity index is 1.41. The first-order chi connectivity index (χ1) is 16.6. The van der Waals surface area contributed by atoms with Crippen molar-refractivity contribution >= 4 is 23.3 Å². The summed E-state index contributed by atoms with van der Waals surface area (Å²) in [6.45, 7) is 0.343. The quantitative estimate of drug-likeness (QED) is 0.339. The largest absolute Gasteiger partial charge is 0.305 e. The highest BCUT2D eigenvalue weighted by molar-refractivity contribution is 6.31. The molecule has 1 N–H and O–H groups in total. The molecule has 0 saturated heterocycles. The minimum absolute atomic E-state index is 0.321. The second-order valence-electron chi connectivity index (χ2n) is 7.63. The molecule has 5 aromatic rings. The zero-order chi connectivity index (χ0) is 23.5. The number of amides is 1. The summed E-state index contributed by atoms with van der Waals surface area (Å²) in [5.41, 5.74) is 3.39. The highest BCUT2D eigenvalue weighted by Crippen LogP contribution is 2.25. The maximum atomic E-state index is 13.3. The molecule has 0 unspecified atom stereocenters. The Morgan fingerprint density at radius 1 is 0.941 bits per heavy atom. The van der Waals surface area contributed by atoms with E-state index in [1.807, 2.05) is 60.7 Å². The van der Waals surface area contributed by atoms with Crippen LogP contribution in [0.2, 0.25) is 5.02 Å². The minimum Gasteiger partial charge on any atom is -0.305 e. The van der Waals surface area contributed by atoms with E-state index in [1.54, 1.807) is 33.9 Å². The van der Waals surface area contributed by atoms with Crippen LogP contribution in [-0.4, -0.2) is 25.5 Å². The second kappa shape index (κ2) is 9.33. The molecule has 2 heterocycles. The fourth-order valence-electron chi connectivity index (χ4n) is 3.59. The van der Waals surface area contributed by atoms with Crippen molar-refractivity contribution < 1.29 is 9.18 Å². The van der Waals surface area contributed by atoms with Gasteiger partial charge in [-0.2, -0.15) is 10.2 Å². The molecule has 2 aromatic heterocycles. The first kappa shape index (κ1) is 21.6. The van der Waals surface area contributed by atoms with Gasteiger partial charge >= 0.3 is 0 Å². The van der Waals surface area contributed by atoms with Crippen LogP contribution in [0.1, 0.15) is 15.9 Å². The number of para-hydroxylation sites is 1. The van der Waals surface area contributed by atoms with Crippen molar-refractivity contribution in [3.8, 4) is 16.9 Å². The van der Waals surface area contributed by atoms with E-state index in [1.165, 1.54) is 12.1 Å². The predicted molar refractivity (Wildman–Crippen MR) is 130 cm³/mol. The van der Waals surface area contributed by atoms with Crippen LogP contribution in [0.4, 0.5) is 10.2 Å². The van der Waals surface area contributed by atoms with Crippen molar-refractivity contribution in [1.82, 2.24) is 19.6 Å². The fourth-order valence-corrected chi connectivity index (χ4v) is 3.81. The third-order valence-corrected chi connectivity index (χ3v) is 5.61. The van der Waals surface area contributed by atoms with Gasteiger partial charge in [-0.3, -0.25) is 9.48 Å². The summed E-state index contributed by atoms with van der Waals surface area (Å²) in [5, 5.41) is 12.3. The molecule has 168 valence electrons. The number of hydrogen-bond donors (Lipinski definition) is 1. The summed E-state index contributed by atoms with van der Waals surface area (Å²) >= 11 is 6.12. The van der Waals surface area contributed by atoms with Gasteiger partial charge in [0.2, 0.25) is 0 Å². The molecule has 0 aliphatic carbocycles. The number of hydrogen-bond acceptors (Lipinski definition) is 3. The van der Waals surface area contributed by atoms with Gasteiger partial charge in [0.1, 0.15) is 11.5 Å². The number of anilines is 1. The van der Waals surface area contributed by atoms with Crippen molar-refractivity contribution in [2.24, 2.45) is 0 Å². The van der Waals surface area contributed by atoms with Crippen LogP contribution >= 0.6 is 11.6 Å². The molecular formula is C26H19ClFN5O. The van der Waals surface area contributed by atoms with Crippen LogP contribution in [0.3, 0.4) is 0 Å². The summed E-state index contributed by atoms with van der Waals surface area (Å²) in [5.74, 6) is -0.340. The van der Waals surface area contributed by atoms with Gasteiger partial charge < -0.3 is 5.32 Å². The molecule has 0 fully saturated rings. The lowest BCUT2D eigenvalue weighted by Gasteiger charge is -2.05. The first-order valence-electron chi connectivity index (χ1n) is 10.6. The van der Waals surface area contributed by atoms with Crippen LogP contribution in [0, 0.1) is 5.82 Å². The molecule has 0 aliphatic rings. The molecule has 0 saturated carbocycles. The van der Waals surface area contributed by atoms with Crippen LogP contribution in [0.25, 0.3) is 16.9 Å². The Bertz CT molecular complexity index is 1450. The molecule has 8 heteroatoms. The van der Waals surface area contributed by atoms with Gasteiger partial charge in [0.25, 0.3) is 5.91 Å². The molecule has 0 aliphatic heterocycles. The maximum Gasteiger partial charge on any atom is 0.260 e. The Hall–Kier alpha value is -4.23. The van der Waals surface area contributed by atoms with E-state index in [-0.39, 0.29) is 5.91 Å². The summed E-state index contributed by atoms with van der Waals surface area (Å²) in [6, 6.07) is 25.1. The number of aromatic nitrogens is 4. The van der Waals surface area contributed by atoms with Gasteiger partial charge in [0.15, 0.2) is 5.82 Å². The SMILES string of the molecule is O=C(Nc1ccn(Cc2ccc(F)cc2Cl)n1)c1cn(-c2ccccc2)nc1-c1ccccc1. The molecule has 5 rings (SSSR count). The lowest BCUT2D eigenvalue weighted by Crippen LogP contribution is -2.13. The van der Waals surface area contributed by atoms with Gasteiger partial charge in [0, 0.05) is 29.0 Å². The molecule has 6 nitrogen and oxygen atoms in total. The van der Waals surface area contributed by atoms with E-state index in [0.29, 0.717) is 28.6 Å². The van der Waals surface area contributed by atoms with E-state index in [2.05, 4.69) is 15.5 Å². The molecular weight excluding hydrogens is 453 g/mol. The zero-order valence-corrected chi connectivity index (χ0v) is 18.7. The Kier molecular flexibility index (Phi) is 5.93. The van der Waals surface area contributed by atoms with Crippen LogP contribution in [-0.2, 0) is 6.54 Å². The molecule has 1 amide bonds. The van der Waals surface area contributed by atoms with Crippen LogP contribution in [0.5, 0.6) is 0 Å². The summed E-state index contributed by atoms with van der Waals surface area (Å²) < 4.78 is 16.6. The molecule has 3 aromatic carbocycles. The third kappa shape index (κ3) is 4.60. The van der Waals surface area contributed by atoms with E-state index in [4.69, 9.17) is 11.6 Å². The summed E-state index contributed by atoms with van der Waals surface area (Å²) in [4.78, 5) is 13.2. The highest BCUT2D eigenvalue weighted by atomic mass is 35.5. The van der Waals surface area contributed by atoms with Gasteiger partial charge in [0.05, 0.1) is 17.8 Å². The van der Waals surface area contributed by atoms with Gasteiger partial charge in [-0.05, 0) is 29.8 Å². The third-order valence-electron chi connectivity index (χ3n) is 5.26. The summed E-state index contributed by atoms with van der Waals surface area (Å²) in [7, 11) is 0. The summed E-state index contributed by atoms with van der Waals surface area (Å²) in [6.07, 6.45) is 3.43. The molecule has 0 bridgehead atoms. The van der Waals surface area contributed by atoms with E-state index in [9.17, 15) is 9.18 Å². The number of nitrogens with one attached hydrogen (secondary N) is 1. The number of nitrogens with zero attached hydrogens (tertiary/aromatic N) is 4. The van der Waals surface area contributed by atoms with E-state index < -0.39 is 5.82 Å². The molecule has 0 radical (unpaired) electrons. The predicted octanol–water partition coefficient (Wildman–Crippen LogP) is 5.83. The zero-order valence-electron chi connectivity index (χ0n) is 17.9. The lowest BCUT2D eigenvalue weighted by molar-refractivity contribution is 0.102. The number of halogens is 2.